The number of hydrogen-bond acceptors (Lipinski definition) is 0. The van der Waals surface area contributed by atoms with Gasteiger partial charge in [-0.2, -0.15) is 0 Å². The van der Waals surface area contributed by atoms with Gasteiger partial charge in [-0.1, -0.05) is 23.2 Å². The van der Waals surface area contributed by atoms with E-state index in [1.54, 1.807) is 22.6 Å². The summed E-state index contributed by atoms with van der Waals surface area (Å²) in [5, 5.41) is 0.103. The van der Waals surface area contributed by atoms with Gasteiger partial charge in [0, 0.05) is 3.57 Å². The Morgan fingerprint density at radius 3 is 2.25 bits per heavy atom. The van der Waals surface area contributed by atoms with Gasteiger partial charge in [0.1, 0.15) is 0 Å². The van der Waals surface area contributed by atoms with Crippen molar-refractivity contribution in [2.75, 3.05) is 0 Å². The third-order valence-electron chi connectivity index (χ3n) is 1.30. The van der Waals surface area contributed by atoms with E-state index >= 15 is 0 Å². The van der Waals surface area contributed by atoms with E-state index in [-0.39, 0.29) is 15.6 Å². The van der Waals surface area contributed by atoms with E-state index in [9.17, 15) is 8.78 Å². The highest BCUT2D eigenvalue weighted by molar-refractivity contribution is 14.1. The molecule has 1 aromatic carbocycles. The Kier molecular flexibility index (Phi) is 3.55. The predicted molar refractivity (Wildman–Crippen MR) is 54.1 cm³/mol. The van der Waals surface area contributed by atoms with Crippen LogP contribution in [0.3, 0.4) is 0 Å². The Labute approximate surface area is 92.0 Å². The van der Waals surface area contributed by atoms with E-state index in [1.807, 2.05) is 0 Å². The van der Waals surface area contributed by atoms with Crippen molar-refractivity contribution in [3.8, 4) is 0 Å². The Balaban J connectivity index is 3.33. The molecule has 0 aliphatic rings. The lowest BCUT2D eigenvalue weighted by Crippen LogP contribution is -1.91. The first-order chi connectivity index (χ1) is 5.54. The Morgan fingerprint density at radius 1 is 1.25 bits per heavy atom. The monoisotopic (exact) mass is 322 g/mol. The van der Waals surface area contributed by atoms with Crippen LogP contribution in [0.2, 0.25) is 10.0 Å². The smallest absolute Gasteiger partial charge is 0.205 e. The van der Waals surface area contributed by atoms with Crippen molar-refractivity contribution < 1.29 is 8.78 Å². The standard InChI is InChI=1S/C7H3Cl2F2I/c8-3-1-2-4(12)5(6(3)9)7(10)11/h1-2,7H. The van der Waals surface area contributed by atoms with Crippen LogP contribution in [0.25, 0.3) is 0 Å². The van der Waals surface area contributed by atoms with Crippen LogP contribution in [-0.4, -0.2) is 0 Å². The maximum absolute atomic E-state index is 12.3. The molecule has 0 radical (unpaired) electrons. The van der Waals surface area contributed by atoms with Gasteiger partial charge in [-0.3, -0.25) is 0 Å². The van der Waals surface area contributed by atoms with Crippen LogP contribution in [0.1, 0.15) is 12.0 Å². The molecule has 0 unspecified atom stereocenters. The maximum atomic E-state index is 12.3. The molecule has 0 nitrogen and oxygen atoms in total. The van der Waals surface area contributed by atoms with E-state index in [0.29, 0.717) is 3.57 Å². The summed E-state index contributed by atoms with van der Waals surface area (Å²) in [6, 6.07) is 3.01. The van der Waals surface area contributed by atoms with Gasteiger partial charge in [-0.25, -0.2) is 8.78 Å². The fourth-order valence-electron chi connectivity index (χ4n) is 0.743. The molecule has 0 spiro atoms. The molecule has 0 aromatic heterocycles. The van der Waals surface area contributed by atoms with Gasteiger partial charge >= 0.3 is 0 Å². The quantitative estimate of drug-likeness (QED) is 0.526. The van der Waals surface area contributed by atoms with Crippen LogP contribution >= 0.6 is 45.8 Å². The van der Waals surface area contributed by atoms with E-state index in [2.05, 4.69) is 0 Å². The largest absolute Gasteiger partial charge is 0.266 e. The van der Waals surface area contributed by atoms with Gasteiger partial charge in [0.15, 0.2) is 0 Å². The molecule has 0 N–H and O–H groups in total. The molecule has 1 rings (SSSR count). The molecule has 0 bridgehead atoms. The predicted octanol–water partition coefficient (Wildman–Crippen LogP) is 4.54. The van der Waals surface area contributed by atoms with Crippen molar-refractivity contribution >= 4 is 45.8 Å². The van der Waals surface area contributed by atoms with Gasteiger partial charge < -0.3 is 0 Å². The van der Waals surface area contributed by atoms with Crippen molar-refractivity contribution in [3.63, 3.8) is 0 Å². The Bertz CT molecular complexity index is 302. The summed E-state index contributed by atoms with van der Waals surface area (Å²) in [6.07, 6.45) is -2.58. The van der Waals surface area contributed by atoms with Crippen LogP contribution in [0.15, 0.2) is 12.1 Å². The second kappa shape index (κ2) is 4.07. The van der Waals surface area contributed by atoms with Crippen molar-refractivity contribution in [1.82, 2.24) is 0 Å². The first-order valence-electron chi connectivity index (χ1n) is 2.95. The molecule has 0 aliphatic carbocycles. The van der Waals surface area contributed by atoms with E-state index in [4.69, 9.17) is 23.2 Å². The zero-order valence-corrected chi connectivity index (χ0v) is 9.29. The zero-order chi connectivity index (χ0) is 9.30. The molecule has 0 heterocycles. The molecule has 66 valence electrons. The van der Waals surface area contributed by atoms with Crippen molar-refractivity contribution in [2.45, 2.75) is 6.43 Å². The zero-order valence-electron chi connectivity index (χ0n) is 5.62. The summed E-state index contributed by atoms with van der Waals surface area (Å²) in [5.74, 6) is 0. The number of halogens is 5. The summed E-state index contributed by atoms with van der Waals surface area (Å²) >= 11 is 12.9. The number of rotatable bonds is 1. The highest BCUT2D eigenvalue weighted by Gasteiger charge is 2.17. The van der Waals surface area contributed by atoms with E-state index < -0.39 is 6.43 Å². The molecule has 0 fully saturated rings. The van der Waals surface area contributed by atoms with E-state index in [1.165, 1.54) is 12.1 Å². The normalized spacial score (nSPS) is 10.8. The van der Waals surface area contributed by atoms with Gasteiger partial charge in [-0.05, 0) is 34.7 Å². The maximum Gasteiger partial charge on any atom is 0.266 e. The third kappa shape index (κ3) is 2.00. The Hall–Kier alpha value is 0.390. The second-order valence-corrected chi connectivity index (χ2v) is 4.00. The lowest BCUT2D eigenvalue weighted by Gasteiger charge is -2.06. The molecule has 0 saturated carbocycles. The fourth-order valence-corrected chi connectivity index (χ4v) is 2.00. The van der Waals surface area contributed by atoms with Crippen molar-refractivity contribution in [3.05, 3.63) is 31.3 Å². The third-order valence-corrected chi connectivity index (χ3v) is 3.06. The van der Waals surface area contributed by atoms with Gasteiger partial charge in [0.2, 0.25) is 0 Å². The lowest BCUT2D eigenvalue weighted by atomic mass is 10.2. The summed E-state index contributed by atoms with van der Waals surface area (Å²) in [7, 11) is 0. The Morgan fingerprint density at radius 2 is 1.83 bits per heavy atom. The molecule has 0 atom stereocenters. The highest BCUT2D eigenvalue weighted by atomic mass is 127. The van der Waals surface area contributed by atoms with Crippen LogP contribution in [0.5, 0.6) is 0 Å². The minimum atomic E-state index is -2.58. The molecule has 1 aromatic rings. The highest BCUT2D eigenvalue weighted by Crippen LogP contribution is 2.35. The molecule has 12 heavy (non-hydrogen) atoms. The summed E-state index contributed by atoms with van der Waals surface area (Å²) in [4.78, 5) is 0. The number of benzene rings is 1. The van der Waals surface area contributed by atoms with Crippen molar-refractivity contribution in [1.29, 1.82) is 0 Å². The molecular formula is C7H3Cl2F2I. The van der Waals surface area contributed by atoms with Crippen LogP contribution in [0.4, 0.5) is 8.78 Å². The van der Waals surface area contributed by atoms with Crippen LogP contribution in [0, 0.1) is 3.57 Å². The summed E-state index contributed by atoms with van der Waals surface area (Å²) in [6.45, 7) is 0. The van der Waals surface area contributed by atoms with Gasteiger partial charge in [0.25, 0.3) is 6.43 Å². The first-order valence-corrected chi connectivity index (χ1v) is 4.79. The fraction of sp³-hybridized carbons (Fsp3) is 0.143. The van der Waals surface area contributed by atoms with Crippen LogP contribution < -0.4 is 0 Å². The van der Waals surface area contributed by atoms with Gasteiger partial charge in [-0.15, -0.1) is 0 Å². The molecule has 0 aliphatic heterocycles. The minimum Gasteiger partial charge on any atom is -0.205 e. The topological polar surface area (TPSA) is 0 Å². The molecule has 0 saturated heterocycles. The number of hydrogen-bond donors (Lipinski definition) is 0. The molecule has 0 amide bonds. The number of alkyl halides is 2. The lowest BCUT2D eigenvalue weighted by molar-refractivity contribution is 0.150. The molecule has 5 heteroatoms. The SMILES string of the molecule is FC(F)c1c(I)ccc(Cl)c1Cl. The van der Waals surface area contributed by atoms with E-state index in [0.717, 1.165) is 0 Å². The summed E-state index contributed by atoms with van der Waals surface area (Å²) < 4.78 is 25.1. The van der Waals surface area contributed by atoms with Gasteiger partial charge in [0.05, 0.1) is 15.6 Å². The average molecular weight is 323 g/mol. The van der Waals surface area contributed by atoms with Crippen LogP contribution in [-0.2, 0) is 0 Å². The first kappa shape index (κ1) is 10.5. The average Bonchev–Trinajstić information content (AvgIpc) is 1.97. The minimum absolute atomic E-state index is 0.0569. The molecular weight excluding hydrogens is 320 g/mol. The van der Waals surface area contributed by atoms with Crippen molar-refractivity contribution in [2.24, 2.45) is 0 Å². The second-order valence-electron chi connectivity index (χ2n) is 2.06. The summed E-state index contributed by atoms with van der Waals surface area (Å²) in [5.41, 5.74) is -0.190.